The number of hydrogen-bond donors (Lipinski definition) is 0. The van der Waals surface area contributed by atoms with Crippen molar-refractivity contribution in [3.8, 4) is 0 Å². The van der Waals surface area contributed by atoms with Crippen LogP contribution in [0.3, 0.4) is 0 Å². The van der Waals surface area contributed by atoms with Crippen molar-refractivity contribution in [1.82, 2.24) is 0 Å². The van der Waals surface area contributed by atoms with Gasteiger partial charge in [-0.15, -0.1) is 0 Å². The standard InChI is InChI=1S/C18H27F5O3Si/c1-4-24-27(25-5-2,26-6-3)12-10-8-7-9-11-13-14(19)16(21)18(23)17(22)15(13)20/h4-12H2,1-3H3. The van der Waals surface area contributed by atoms with E-state index >= 15 is 0 Å². The van der Waals surface area contributed by atoms with Crippen LogP contribution in [0.25, 0.3) is 0 Å². The molecule has 0 heterocycles. The van der Waals surface area contributed by atoms with Crippen LogP contribution in [0.5, 0.6) is 0 Å². The van der Waals surface area contributed by atoms with Gasteiger partial charge in [0, 0.05) is 31.4 Å². The van der Waals surface area contributed by atoms with Gasteiger partial charge in [0.15, 0.2) is 23.3 Å². The predicted octanol–water partition coefficient (Wildman–Crippen LogP) is 5.53. The van der Waals surface area contributed by atoms with Crippen molar-refractivity contribution >= 4 is 8.80 Å². The molecule has 0 saturated carbocycles. The van der Waals surface area contributed by atoms with Crippen LogP contribution >= 0.6 is 0 Å². The summed E-state index contributed by atoms with van der Waals surface area (Å²) in [7, 11) is -2.72. The first-order valence-electron chi connectivity index (χ1n) is 9.25. The van der Waals surface area contributed by atoms with Crippen molar-refractivity contribution in [2.75, 3.05) is 19.8 Å². The second-order valence-electron chi connectivity index (χ2n) is 5.94. The maximum atomic E-state index is 13.6. The zero-order chi connectivity index (χ0) is 20.4. The van der Waals surface area contributed by atoms with Crippen molar-refractivity contribution in [2.45, 2.75) is 58.9 Å². The Hall–Kier alpha value is -1.03. The SMILES string of the molecule is CCO[Si](CCCCCCc1c(F)c(F)c(F)c(F)c1F)(OCC)OCC. The Bertz CT molecular complexity index is 555. The van der Waals surface area contributed by atoms with Crippen LogP contribution in [0, 0.1) is 29.1 Å². The molecule has 3 nitrogen and oxygen atoms in total. The first-order chi connectivity index (χ1) is 12.8. The summed E-state index contributed by atoms with van der Waals surface area (Å²) in [5.74, 6) is -9.42. The van der Waals surface area contributed by atoms with Crippen molar-refractivity contribution in [2.24, 2.45) is 0 Å². The number of hydrogen-bond acceptors (Lipinski definition) is 3. The summed E-state index contributed by atoms with van der Waals surface area (Å²) in [5.41, 5.74) is -0.756. The van der Waals surface area contributed by atoms with Crippen LogP contribution < -0.4 is 0 Å². The van der Waals surface area contributed by atoms with Crippen molar-refractivity contribution in [3.05, 3.63) is 34.6 Å². The van der Waals surface area contributed by atoms with Crippen LogP contribution in [0.1, 0.15) is 52.0 Å². The number of unbranched alkanes of at least 4 members (excludes halogenated alkanes) is 3. The molecule has 0 unspecified atom stereocenters. The van der Waals surface area contributed by atoms with Gasteiger partial charge in [-0.25, -0.2) is 22.0 Å². The van der Waals surface area contributed by atoms with E-state index in [1.807, 2.05) is 20.8 Å². The minimum Gasteiger partial charge on any atom is -0.374 e. The Kier molecular flexibility index (Phi) is 10.4. The average molecular weight is 414 g/mol. The van der Waals surface area contributed by atoms with Crippen LogP contribution in [0.2, 0.25) is 6.04 Å². The van der Waals surface area contributed by atoms with Crippen molar-refractivity contribution in [3.63, 3.8) is 0 Å². The van der Waals surface area contributed by atoms with Crippen LogP contribution in [0.4, 0.5) is 22.0 Å². The zero-order valence-corrected chi connectivity index (χ0v) is 17.0. The lowest BCUT2D eigenvalue weighted by Gasteiger charge is -2.28. The van der Waals surface area contributed by atoms with Crippen LogP contribution in [0.15, 0.2) is 0 Å². The molecule has 0 saturated heterocycles. The van der Waals surface area contributed by atoms with E-state index < -0.39 is 43.5 Å². The molecule has 0 aliphatic carbocycles. The molecule has 1 aromatic carbocycles. The summed E-state index contributed by atoms with van der Waals surface area (Å²) in [6, 6.07) is 0.616. The Morgan fingerprint density at radius 2 is 1.00 bits per heavy atom. The number of benzene rings is 1. The molecule has 0 N–H and O–H groups in total. The maximum Gasteiger partial charge on any atom is 0.500 e. The molecule has 0 radical (unpaired) electrons. The molecule has 0 amide bonds. The quantitative estimate of drug-likeness (QED) is 0.140. The minimum atomic E-state index is -2.72. The molecule has 1 rings (SSSR count). The molecule has 27 heavy (non-hydrogen) atoms. The lowest BCUT2D eigenvalue weighted by molar-refractivity contribution is 0.0706. The molecule has 9 heteroatoms. The topological polar surface area (TPSA) is 27.7 Å². The van der Waals surface area contributed by atoms with E-state index in [0.717, 1.165) is 6.42 Å². The van der Waals surface area contributed by atoms with Gasteiger partial charge in [-0.05, 0) is 40.0 Å². The van der Waals surface area contributed by atoms with E-state index in [0.29, 0.717) is 45.1 Å². The smallest absolute Gasteiger partial charge is 0.374 e. The highest BCUT2D eigenvalue weighted by atomic mass is 28.4. The Morgan fingerprint density at radius 1 is 0.593 bits per heavy atom. The Morgan fingerprint density at radius 3 is 1.44 bits per heavy atom. The van der Waals surface area contributed by atoms with Gasteiger partial charge in [0.1, 0.15) is 0 Å². The predicted molar refractivity (Wildman–Crippen MR) is 93.8 cm³/mol. The third-order valence-corrected chi connectivity index (χ3v) is 7.20. The molecule has 1 aromatic rings. The highest BCUT2D eigenvalue weighted by molar-refractivity contribution is 6.60. The summed E-state index contributed by atoms with van der Waals surface area (Å²) in [6.07, 6.45) is 2.11. The lowest BCUT2D eigenvalue weighted by Crippen LogP contribution is -2.45. The zero-order valence-electron chi connectivity index (χ0n) is 16.0. The normalized spacial score (nSPS) is 12.0. The molecule has 0 aliphatic rings. The fourth-order valence-electron chi connectivity index (χ4n) is 2.87. The van der Waals surface area contributed by atoms with E-state index in [9.17, 15) is 22.0 Å². The molecule has 0 fully saturated rings. The van der Waals surface area contributed by atoms with Gasteiger partial charge in [-0.3, -0.25) is 0 Å². The fourth-order valence-corrected chi connectivity index (χ4v) is 5.55. The van der Waals surface area contributed by atoms with Gasteiger partial charge in [0.05, 0.1) is 0 Å². The van der Waals surface area contributed by atoms with E-state index in [1.54, 1.807) is 0 Å². The third-order valence-electron chi connectivity index (χ3n) is 4.05. The van der Waals surface area contributed by atoms with E-state index in [-0.39, 0.29) is 6.42 Å². The lowest BCUT2D eigenvalue weighted by atomic mass is 10.0. The molecular formula is C18H27F5O3Si. The summed E-state index contributed by atoms with van der Waals surface area (Å²) in [5, 5.41) is 0. The summed E-state index contributed by atoms with van der Waals surface area (Å²) in [4.78, 5) is 0. The van der Waals surface area contributed by atoms with Gasteiger partial charge in [0.25, 0.3) is 0 Å². The second kappa shape index (κ2) is 11.7. The highest BCUT2D eigenvalue weighted by Gasteiger charge is 2.39. The van der Waals surface area contributed by atoms with E-state index in [1.165, 1.54) is 0 Å². The summed E-state index contributed by atoms with van der Waals surface area (Å²) >= 11 is 0. The second-order valence-corrected chi connectivity index (χ2v) is 8.68. The third kappa shape index (κ3) is 6.51. The highest BCUT2D eigenvalue weighted by Crippen LogP contribution is 2.25. The minimum absolute atomic E-state index is 0.212. The van der Waals surface area contributed by atoms with Gasteiger partial charge >= 0.3 is 8.80 Å². The summed E-state index contributed by atoms with van der Waals surface area (Å²) < 4.78 is 83.8. The Balaban J connectivity index is 2.53. The molecular weight excluding hydrogens is 387 g/mol. The monoisotopic (exact) mass is 414 g/mol. The Labute approximate surface area is 158 Å². The molecule has 0 atom stereocenters. The van der Waals surface area contributed by atoms with Gasteiger partial charge < -0.3 is 13.3 Å². The molecule has 0 aliphatic heterocycles. The molecule has 0 spiro atoms. The van der Waals surface area contributed by atoms with Gasteiger partial charge in [-0.2, -0.15) is 0 Å². The van der Waals surface area contributed by atoms with E-state index in [2.05, 4.69) is 0 Å². The van der Waals surface area contributed by atoms with Crippen LogP contribution in [-0.2, 0) is 19.7 Å². The fraction of sp³-hybridized carbons (Fsp3) is 0.667. The van der Waals surface area contributed by atoms with E-state index in [4.69, 9.17) is 13.3 Å². The van der Waals surface area contributed by atoms with Crippen molar-refractivity contribution in [1.29, 1.82) is 0 Å². The molecule has 0 bridgehead atoms. The van der Waals surface area contributed by atoms with Crippen LogP contribution in [-0.4, -0.2) is 28.6 Å². The molecule has 156 valence electrons. The van der Waals surface area contributed by atoms with Crippen molar-refractivity contribution < 1.29 is 35.2 Å². The maximum absolute atomic E-state index is 13.6. The summed E-state index contributed by atoms with van der Waals surface area (Å²) in [6.45, 7) is 7.03. The largest absolute Gasteiger partial charge is 0.500 e. The average Bonchev–Trinajstić information content (AvgIpc) is 2.64. The number of halogens is 5. The first kappa shape index (κ1) is 24.0. The number of rotatable bonds is 13. The van der Waals surface area contributed by atoms with Gasteiger partial charge in [-0.1, -0.05) is 12.8 Å². The first-order valence-corrected chi connectivity index (χ1v) is 11.2. The molecule has 0 aromatic heterocycles. The van der Waals surface area contributed by atoms with Gasteiger partial charge in [0.2, 0.25) is 5.82 Å².